The fourth-order valence-corrected chi connectivity index (χ4v) is 2.12. The van der Waals surface area contributed by atoms with E-state index in [-0.39, 0.29) is 0 Å². The molecule has 1 aromatic rings. The molecular formula is C12H20N4. The Morgan fingerprint density at radius 3 is 2.69 bits per heavy atom. The maximum atomic E-state index is 5.69. The van der Waals surface area contributed by atoms with Gasteiger partial charge in [0, 0.05) is 32.0 Å². The lowest BCUT2D eigenvalue weighted by molar-refractivity contribution is 0.318. The Balaban J connectivity index is 2.11. The van der Waals surface area contributed by atoms with Crippen LogP contribution in [0.1, 0.15) is 31.9 Å². The van der Waals surface area contributed by atoms with Crippen LogP contribution < -0.4 is 10.6 Å². The molecule has 0 radical (unpaired) electrons. The van der Waals surface area contributed by atoms with E-state index in [2.05, 4.69) is 21.8 Å². The van der Waals surface area contributed by atoms with E-state index in [1.165, 1.54) is 19.3 Å². The molecule has 16 heavy (non-hydrogen) atoms. The fourth-order valence-electron chi connectivity index (χ4n) is 2.12. The van der Waals surface area contributed by atoms with Gasteiger partial charge in [-0.15, -0.1) is 0 Å². The van der Waals surface area contributed by atoms with Crippen molar-refractivity contribution in [3.8, 4) is 0 Å². The van der Waals surface area contributed by atoms with E-state index in [4.69, 9.17) is 5.73 Å². The molecule has 1 aliphatic carbocycles. The quantitative estimate of drug-likeness (QED) is 0.818. The molecule has 1 aliphatic rings. The third kappa shape index (κ3) is 2.32. The van der Waals surface area contributed by atoms with Crippen LogP contribution in [0.2, 0.25) is 0 Å². The Kier molecular flexibility index (Phi) is 3.72. The van der Waals surface area contributed by atoms with Crippen LogP contribution in [0, 0.1) is 5.92 Å². The van der Waals surface area contributed by atoms with Crippen molar-refractivity contribution in [1.29, 1.82) is 0 Å². The van der Waals surface area contributed by atoms with Crippen LogP contribution in [-0.4, -0.2) is 23.1 Å². The van der Waals surface area contributed by atoms with Gasteiger partial charge in [0.05, 0.1) is 5.69 Å². The van der Waals surface area contributed by atoms with Gasteiger partial charge in [0.2, 0.25) is 0 Å². The topological polar surface area (TPSA) is 55.0 Å². The lowest BCUT2D eigenvalue weighted by Crippen LogP contribution is -2.34. The third-order valence-corrected chi connectivity index (χ3v) is 3.33. The van der Waals surface area contributed by atoms with E-state index >= 15 is 0 Å². The maximum Gasteiger partial charge on any atom is 0.151 e. The second kappa shape index (κ2) is 5.25. The Hall–Kier alpha value is -1.16. The van der Waals surface area contributed by atoms with Crippen LogP contribution in [0.25, 0.3) is 0 Å². The van der Waals surface area contributed by atoms with Gasteiger partial charge in [-0.1, -0.05) is 6.42 Å². The van der Waals surface area contributed by atoms with E-state index in [0.717, 1.165) is 30.5 Å². The van der Waals surface area contributed by atoms with Crippen molar-refractivity contribution in [2.45, 2.75) is 32.7 Å². The van der Waals surface area contributed by atoms with Crippen LogP contribution in [0.3, 0.4) is 0 Å². The molecule has 0 amide bonds. The SMILES string of the molecule is CCN(CC1CCC1)c1nccnc1CN. The highest BCUT2D eigenvalue weighted by atomic mass is 15.2. The summed E-state index contributed by atoms with van der Waals surface area (Å²) in [6, 6.07) is 0. The lowest BCUT2D eigenvalue weighted by Gasteiger charge is -2.32. The summed E-state index contributed by atoms with van der Waals surface area (Å²) in [5, 5.41) is 0. The standard InChI is InChI=1S/C12H20N4/c1-2-16(9-10-4-3-5-10)12-11(8-13)14-6-7-15-12/h6-7,10H,2-5,8-9,13H2,1H3. The molecule has 4 heteroatoms. The molecule has 88 valence electrons. The third-order valence-electron chi connectivity index (χ3n) is 3.33. The molecule has 1 fully saturated rings. The summed E-state index contributed by atoms with van der Waals surface area (Å²) in [5.74, 6) is 1.81. The smallest absolute Gasteiger partial charge is 0.151 e. The highest BCUT2D eigenvalue weighted by Crippen LogP contribution is 2.28. The maximum absolute atomic E-state index is 5.69. The molecule has 1 aromatic heterocycles. The van der Waals surface area contributed by atoms with Crippen molar-refractivity contribution >= 4 is 5.82 Å². The predicted octanol–water partition coefficient (Wildman–Crippen LogP) is 1.56. The number of aromatic nitrogens is 2. The zero-order chi connectivity index (χ0) is 11.4. The van der Waals surface area contributed by atoms with Crippen LogP contribution in [0.15, 0.2) is 12.4 Å². The molecule has 0 aromatic carbocycles. The number of anilines is 1. The summed E-state index contributed by atoms with van der Waals surface area (Å²) in [4.78, 5) is 11.0. The largest absolute Gasteiger partial charge is 0.355 e. The van der Waals surface area contributed by atoms with Crippen molar-refractivity contribution in [3.63, 3.8) is 0 Å². The zero-order valence-corrected chi connectivity index (χ0v) is 9.89. The number of hydrogen-bond donors (Lipinski definition) is 1. The summed E-state index contributed by atoms with van der Waals surface area (Å²) in [6.07, 6.45) is 7.55. The molecule has 0 atom stereocenters. The van der Waals surface area contributed by atoms with E-state index in [0.29, 0.717) is 6.54 Å². The van der Waals surface area contributed by atoms with E-state index in [1.807, 2.05) is 0 Å². The summed E-state index contributed by atoms with van der Waals surface area (Å²) in [6.45, 7) is 4.70. The molecule has 1 heterocycles. The molecule has 0 saturated heterocycles. The number of nitrogens with two attached hydrogens (primary N) is 1. The van der Waals surface area contributed by atoms with Crippen LogP contribution >= 0.6 is 0 Å². The second-order valence-electron chi connectivity index (χ2n) is 4.37. The highest BCUT2D eigenvalue weighted by molar-refractivity contribution is 5.42. The van der Waals surface area contributed by atoms with Crippen LogP contribution in [0.4, 0.5) is 5.82 Å². The van der Waals surface area contributed by atoms with Crippen molar-refractivity contribution < 1.29 is 0 Å². The molecule has 4 nitrogen and oxygen atoms in total. The fraction of sp³-hybridized carbons (Fsp3) is 0.667. The van der Waals surface area contributed by atoms with E-state index < -0.39 is 0 Å². The first-order valence-electron chi connectivity index (χ1n) is 6.10. The van der Waals surface area contributed by atoms with Gasteiger partial charge < -0.3 is 10.6 Å². The average molecular weight is 220 g/mol. The number of rotatable bonds is 5. The van der Waals surface area contributed by atoms with Crippen molar-refractivity contribution in [2.24, 2.45) is 11.7 Å². The molecule has 2 rings (SSSR count). The molecule has 0 unspecified atom stereocenters. The van der Waals surface area contributed by atoms with E-state index in [9.17, 15) is 0 Å². The summed E-state index contributed by atoms with van der Waals surface area (Å²) in [5.41, 5.74) is 6.60. The second-order valence-corrected chi connectivity index (χ2v) is 4.37. The first kappa shape index (κ1) is 11.3. The molecule has 1 saturated carbocycles. The minimum absolute atomic E-state index is 0.463. The predicted molar refractivity (Wildman–Crippen MR) is 65.2 cm³/mol. The van der Waals surface area contributed by atoms with Gasteiger partial charge in [0.15, 0.2) is 5.82 Å². The van der Waals surface area contributed by atoms with Gasteiger partial charge in [-0.25, -0.2) is 4.98 Å². The van der Waals surface area contributed by atoms with Gasteiger partial charge in [-0.2, -0.15) is 0 Å². The van der Waals surface area contributed by atoms with Gasteiger partial charge in [-0.3, -0.25) is 4.98 Å². The Bertz CT molecular complexity index is 336. The van der Waals surface area contributed by atoms with E-state index in [1.54, 1.807) is 12.4 Å². The minimum atomic E-state index is 0.463. The summed E-state index contributed by atoms with van der Waals surface area (Å²) < 4.78 is 0. The van der Waals surface area contributed by atoms with Gasteiger partial charge >= 0.3 is 0 Å². The lowest BCUT2D eigenvalue weighted by atomic mass is 9.85. The van der Waals surface area contributed by atoms with Crippen molar-refractivity contribution in [3.05, 3.63) is 18.1 Å². The van der Waals surface area contributed by atoms with Crippen molar-refractivity contribution in [1.82, 2.24) is 9.97 Å². The first-order valence-corrected chi connectivity index (χ1v) is 6.10. The normalized spacial score (nSPS) is 15.9. The number of hydrogen-bond acceptors (Lipinski definition) is 4. The molecular weight excluding hydrogens is 200 g/mol. The van der Waals surface area contributed by atoms with Gasteiger partial charge in [-0.05, 0) is 25.7 Å². The molecule has 0 spiro atoms. The molecule has 2 N–H and O–H groups in total. The molecule has 0 bridgehead atoms. The summed E-state index contributed by atoms with van der Waals surface area (Å²) in [7, 11) is 0. The zero-order valence-electron chi connectivity index (χ0n) is 9.89. The van der Waals surface area contributed by atoms with Gasteiger partial charge in [0.25, 0.3) is 0 Å². The average Bonchev–Trinajstić information content (AvgIpc) is 2.28. The van der Waals surface area contributed by atoms with Crippen LogP contribution in [-0.2, 0) is 6.54 Å². The highest BCUT2D eigenvalue weighted by Gasteiger charge is 2.21. The summed E-state index contributed by atoms with van der Waals surface area (Å²) >= 11 is 0. The first-order chi connectivity index (χ1) is 7.85. The number of nitrogens with zero attached hydrogens (tertiary/aromatic N) is 3. The van der Waals surface area contributed by atoms with Crippen LogP contribution in [0.5, 0.6) is 0 Å². The Morgan fingerprint density at radius 1 is 1.38 bits per heavy atom. The Labute approximate surface area is 96.9 Å². The molecule has 0 aliphatic heterocycles. The monoisotopic (exact) mass is 220 g/mol. The van der Waals surface area contributed by atoms with Crippen molar-refractivity contribution in [2.75, 3.05) is 18.0 Å². The minimum Gasteiger partial charge on any atom is -0.355 e. The Morgan fingerprint density at radius 2 is 2.12 bits per heavy atom. The van der Waals surface area contributed by atoms with Gasteiger partial charge in [0.1, 0.15) is 0 Å².